The Morgan fingerprint density at radius 3 is 2.70 bits per heavy atom. The Morgan fingerprint density at radius 2 is 2.15 bits per heavy atom. The largest absolute Gasteiger partial charge is 0.380 e. The summed E-state index contributed by atoms with van der Waals surface area (Å²) >= 11 is 0. The predicted octanol–water partition coefficient (Wildman–Crippen LogP) is 1.20. The highest BCUT2D eigenvalue weighted by atomic mass is 16.6. The van der Waals surface area contributed by atoms with Crippen molar-refractivity contribution in [3.05, 3.63) is 33.9 Å². The number of rotatable bonds is 7. The lowest BCUT2D eigenvalue weighted by Crippen LogP contribution is -2.32. The summed E-state index contributed by atoms with van der Waals surface area (Å²) in [7, 11) is 3.37. The summed E-state index contributed by atoms with van der Waals surface area (Å²) in [5.41, 5.74) is 1.36. The monoisotopic (exact) mass is 280 g/mol. The van der Waals surface area contributed by atoms with Crippen LogP contribution in [0.3, 0.4) is 0 Å². The molecule has 2 N–H and O–H groups in total. The molecule has 7 nitrogen and oxygen atoms in total. The number of likely N-dealkylation sites (N-methyl/N-ethyl adjacent to an activating group) is 2. The minimum Gasteiger partial charge on any atom is -0.380 e. The van der Waals surface area contributed by atoms with Crippen LogP contribution in [-0.4, -0.2) is 42.9 Å². The topological polar surface area (TPSA) is 87.5 Å². The zero-order chi connectivity index (χ0) is 15.1. The number of nitro benzene ring substituents is 1. The molecule has 0 spiro atoms. The number of carbonyl (C=O) groups is 1. The van der Waals surface area contributed by atoms with Crippen LogP contribution in [0.15, 0.2) is 18.2 Å². The SMILES string of the molecule is CCNc1ccc(CN(C)CC(=O)NC)cc1[N+](=O)[O-]. The number of hydrogen-bond donors (Lipinski definition) is 2. The van der Waals surface area contributed by atoms with Crippen LogP contribution in [0.2, 0.25) is 0 Å². The molecule has 0 aliphatic rings. The molecular formula is C13H20N4O3. The molecule has 0 heterocycles. The molecule has 1 aromatic carbocycles. The second-order valence-corrected chi connectivity index (χ2v) is 4.48. The van der Waals surface area contributed by atoms with Gasteiger partial charge in [0, 0.05) is 26.2 Å². The highest BCUT2D eigenvalue weighted by molar-refractivity contribution is 5.77. The van der Waals surface area contributed by atoms with Crippen LogP contribution in [-0.2, 0) is 11.3 Å². The molecule has 0 radical (unpaired) electrons. The average Bonchev–Trinajstić information content (AvgIpc) is 2.40. The number of anilines is 1. The summed E-state index contributed by atoms with van der Waals surface area (Å²) in [6.45, 7) is 3.23. The first kappa shape index (κ1) is 15.9. The first-order valence-electron chi connectivity index (χ1n) is 6.38. The fourth-order valence-corrected chi connectivity index (χ4v) is 1.86. The van der Waals surface area contributed by atoms with Gasteiger partial charge >= 0.3 is 0 Å². The van der Waals surface area contributed by atoms with Gasteiger partial charge in [0.15, 0.2) is 0 Å². The Labute approximate surface area is 118 Å². The second kappa shape index (κ2) is 7.44. The molecule has 0 unspecified atom stereocenters. The third-order valence-corrected chi connectivity index (χ3v) is 2.77. The first-order valence-corrected chi connectivity index (χ1v) is 6.38. The normalized spacial score (nSPS) is 10.4. The fraction of sp³-hybridized carbons (Fsp3) is 0.462. The zero-order valence-corrected chi connectivity index (χ0v) is 12.0. The van der Waals surface area contributed by atoms with Crippen LogP contribution in [0.5, 0.6) is 0 Å². The summed E-state index contributed by atoms with van der Waals surface area (Å²) in [6, 6.07) is 5.06. The second-order valence-electron chi connectivity index (χ2n) is 4.48. The molecule has 0 saturated heterocycles. The third kappa shape index (κ3) is 4.51. The predicted molar refractivity (Wildman–Crippen MR) is 77.7 cm³/mol. The van der Waals surface area contributed by atoms with Gasteiger partial charge in [0.2, 0.25) is 5.91 Å². The van der Waals surface area contributed by atoms with Crippen molar-refractivity contribution in [2.24, 2.45) is 0 Å². The highest BCUT2D eigenvalue weighted by Crippen LogP contribution is 2.25. The quantitative estimate of drug-likeness (QED) is 0.579. The molecule has 1 amide bonds. The van der Waals surface area contributed by atoms with E-state index >= 15 is 0 Å². The third-order valence-electron chi connectivity index (χ3n) is 2.77. The minimum absolute atomic E-state index is 0.0534. The van der Waals surface area contributed by atoms with E-state index in [-0.39, 0.29) is 18.1 Å². The molecule has 0 aliphatic carbocycles. The molecule has 0 atom stereocenters. The van der Waals surface area contributed by atoms with Crippen LogP contribution < -0.4 is 10.6 Å². The maximum Gasteiger partial charge on any atom is 0.292 e. The van der Waals surface area contributed by atoms with E-state index in [9.17, 15) is 14.9 Å². The number of nitrogens with zero attached hydrogens (tertiary/aromatic N) is 2. The minimum atomic E-state index is -0.403. The van der Waals surface area contributed by atoms with Crippen molar-refractivity contribution >= 4 is 17.3 Å². The lowest BCUT2D eigenvalue weighted by atomic mass is 10.1. The van der Waals surface area contributed by atoms with Crippen molar-refractivity contribution in [3.8, 4) is 0 Å². The van der Waals surface area contributed by atoms with E-state index in [0.29, 0.717) is 18.8 Å². The summed E-state index contributed by atoms with van der Waals surface area (Å²) in [5, 5.41) is 16.5. The van der Waals surface area contributed by atoms with Crippen LogP contribution in [0.4, 0.5) is 11.4 Å². The standard InChI is InChI=1S/C13H20N4O3/c1-4-15-11-6-5-10(7-12(11)17(19)20)8-16(3)9-13(18)14-2/h5-7,15H,4,8-9H2,1-3H3,(H,14,18). The van der Waals surface area contributed by atoms with Crippen molar-refractivity contribution in [2.45, 2.75) is 13.5 Å². The van der Waals surface area contributed by atoms with Crippen LogP contribution in [0.1, 0.15) is 12.5 Å². The molecule has 110 valence electrons. The van der Waals surface area contributed by atoms with Gasteiger partial charge in [-0.15, -0.1) is 0 Å². The molecule has 20 heavy (non-hydrogen) atoms. The van der Waals surface area contributed by atoms with E-state index in [4.69, 9.17) is 0 Å². The fourth-order valence-electron chi connectivity index (χ4n) is 1.86. The van der Waals surface area contributed by atoms with Gasteiger partial charge < -0.3 is 10.6 Å². The number of benzene rings is 1. The molecule has 1 rings (SSSR count). The van der Waals surface area contributed by atoms with Gasteiger partial charge in [0.1, 0.15) is 5.69 Å². The van der Waals surface area contributed by atoms with Gasteiger partial charge in [-0.3, -0.25) is 19.8 Å². The van der Waals surface area contributed by atoms with Crippen molar-refractivity contribution in [2.75, 3.05) is 32.5 Å². The van der Waals surface area contributed by atoms with Crippen molar-refractivity contribution < 1.29 is 9.72 Å². The zero-order valence-electron chi connectivity index (χ0n) is 12.0. The average molecular weight is 280 g/mol. The Hall–Kier alpha value is -2.15. The number of nitro groups is 1. The summed E-state index contributed by atoms with van der Waals surface area (Å²) in [5.74, 6) is -0.0914. The lowest BCUT2D eigenvalue weighted by Gasteiger charge is -2.16. The van der Waals surface area contributed by atoms with Gasteiger partial charge in [-0.1, -0.05) is 6.07 Å². The van der Waals surface area contributed by atoms with E-state index < -0.39 is 4.92 Å². The molecule has 1 aromatic rings. The van der Waals surface area contributed by atoms with E-state index in [1.807, 2.05) is 13.0 Å². The number of carbonyl (C=O) groups excluding carboxylic acids is 1. The first-order chi connectivity index (χ1) is 9.47. The highest BCUT2D eigenvalue weighted by Gasteiger charge is 2.15. The van der Waals surface area contributed by atoms with Crippen molar-refractivity contribution in [3.63, 3.8) is 0 Å². The van der Waals surface area contributed by atoms with Gasteiger partial charge in [-0.05, 0) is 25.6 Å². The van der Waals surface area contributed by atoms with Crippen LogP contribution in [0, 0.1) is 10.1 Å². The van der Waals surface area contributed by atoms with Gasteiger partial charge in [0.05, 0.1) is 11.5 Å². The van der Waals surface area contributed by atoms with Gasteiger partial charge in [0.25, 0.3) is 5.69 Å². The van der Waals surface area contributed by atoms with E-state index in [1.165, 1.54) is 0 Å². The molecule has 7 heteroatoms. The van der Waals surface area contributed by atoms with E-state index in [2.05, 4.69) is 10.6 Å². The Morgan fingerprint density at radius 1 is 1.45 bits per heavy atom. The smallest absolute Gasteiger partial charge is 0.292 e. The number of amides is 1. The maximum absolute atomic E-state index is 11.3. The van der Waals surface area contributed by atoms with Gasteiger partial charge in [-0.2, -0.15) is 0 Å². The summed E-state index contributed by atoms with van der Waals surface area (Å²) in [6.07, 6.45) is 0. The van der Waals surface area contributed by atoms with Crippen molar-refractivity contribution in [1.82, 2.24) is 10.2 Å². The van der Waals surface area contributed by atoms with Crippen molar-refractivity contribution in [1.29, 1.82) is 0 Å². The number of hydrogen-bond acceptors (Lipinski definition) is 5. The lowest BCUT2D eigenvalue weighted by molar-refractivity contribution is -0.384. The van der Waals surface area contributed by atoms with E-state index in [0.717, 1.165) is 5.56 Å². The van der Waals surface area contributed by atoms with E-state index in [1.54, 1.807) is 31.1 Å². The molecule has 0 aliphatic heterocycles. The Bertz CT molecular complexity index is 491. The van der Waals surface area contributed by atoms with Crippen LogP contribution >= 0.6 is 0 Å². The Balaban J connectivity index is 2.84. The number of nitrogens with one attached hydrogen (secondary N) is 2. The summed E-state index contributed by atoms with van der Waals surface area (Å²) in [4.78, 5) is 23.7. The molecule has 0 fully saturated rings. The maximum atomic E-state index is 11.3. The van der Waals surface area contributed by atoms with Gasteiger partial charge in [-0.25, -0.2) is 0 Å². The molecule has 0 saturated carbocycles. The molecule has 0 bridgehead atoms. The summed E-state index contributed by atoms with van der Waals surface area (Å²) < 4.78 is 0. The molecule has 0 aromatic heterocycles. The molecular weight excluding hydrogens is 260 g/mol. The Kier molecular flexibility index (Phi) is 5.92. The van der Waals surface area contributed by atoms with Crippen LogP contribution in [0.25, 0.3) is 0 Å².